The molecule has 0 bridgehead atoms. The van der Waals surface area contributed by atoms with E-state index in [0.29, 0.717) is 17.7 Å². The number of benzene rings is 3. The zero-order chi connectivity index (χ0) is 20.6. The highest BCUT2D eigenvalue weighted by Gasteiger charge is 2.18. The van der Waals surface area contributed by atoms with Crippen LogP contribution < -0.4 is 5.32 Å². The minimum absolute atomic E-state index is 0.115. The van der Waals surface area contributed by atoms with Crippen molar-refractivity contribution in [2.45, 2.75) is 6.54 Å². The van der Waals surface area contributed by atoms with Crippen LogP contribution in [0.25, 0.3) is 6.08 Å². The minimum Gasteiger partial charge on any atom is -0.336 e. The minimum atomic E-state index is -0.388. The van der Waals surface area contributed by atoms with E-state index in [1.165, 1.54) is 17.0 Å². The molecule has 146 valence electrons. The molecular formula is C24H21FN2O2. The van der Waals surface area contributed by atoms with Gasteiger partial charge in [0.15, 0.2) is 0 Å². The van der Waals surface area contributed by atoms with Crippen LogP contribution in [0.4, 0.5) is 4.39 Å². The topological polar surface area (TPSA) is 49.4 Å². The predicted octanol–water partition coefficient (Wildman–Crippen LogP) is 4.26. The molecule has 0 unspecified atom stereocenters. The standard InChI is InChI=1S/C24H21FN2O2/c1-27(17-19-8-4-2-5-9-19)24(29)22(16-18-12-14-21(25)15-13-18)26-23(28)20-10-6-3-7-11-20/h2-16H,17H2,1H3,(H,26,28). The summed E-state index contributed by atoms with van der Waals surface area (Å²) in [5.74, 6) is -1.10. The fraction of sp³-hybridized carbons (Fsp3) is 0.0833. The Morgan fingerprint density at radius 2 is 1.48 bits per heavy atom. The summed E-state index contributed by atoms with van der Waals surface area (Å²) >= 11 is 0. The molecule has 0 heterocycles. The van der Waals surface area contributed by atoms with Gasteiger partial charge in [0, 0.05) is 19.2 Å². The third-order valence-corrected chi connectivity index (χ3v) is 4.30. The molecule has 2 amide bonds. The number of halogens is 1. The Balaban J connectivity index is 1.86. The van der Waals surface area contributed by atoms with E-state index in [9.17, 15) is 14.0 Å². The van der Waals surface area contributed by atoms with Crippen molar-refractivity contribution < 1.29 is 14.0 Å². The number of hydrogen-bond donors (Lipinski definition) is 1. The van der Waals surface area contributed by atoms with E-state index >= 15 is 0 Å². The number of nitrogens with zero attached hydrogens (tertiary/aromatic N) is 1. The summed E-state index contributed by atoms with van der Waals surface area (Å²) in [5.41, 5.74) is 2.13. The third kappa shape index (κ3) is 5.62. The third-order valence-electron chi connectivity index (χ3n) is 4.30. The monoisotopic (exact) mass is 388 g/mol. The quantitative estimate of drug-likeness (QED) is 0.642. The van der Waals surface area contributed by atoms with E-state index in [0.717, 1.165) is 5.56 Å². The zero-order valence-electron chi connectivity index (χ0n) is 16.0. The molecule has 1 N–H and O–H groups in total. The molecule has 3 aromatic rings. The SMILES string of the molecule is CN(Cc1ccccc1)C(=O)C(=Cc1ccc(F)cc1)NC(=O)c1ccccc1. The van der Waals surface area contributed by atoms with E-state index in [1.54, 1.807) is 49.5 Å². The number of amides is 2. The summed E-state index contributed by atoms with van der Waals surface area (Å²) in [6, 6.07) is 23.9. The first kappa shape index (κ1) is 20.0. The summed E-state index contributed by atoms with van der Waals surface area (Å²) in [6.45, 7) is 0.391. The van der Waals surface area contributed by atoms with Crippen molar-refractivity contribution in [2.24, 2.45) is 0 Å². The van der Waals surface area contributed by atoms with Crippen molar-refractivity contribution in [2.75, 3.05) is 7.05 Å². The molecular weight excluding hydrogens is 367 g/mol. The number of carbonyl (C=O) groups excluding carboxylic acids is 2. The Bertz CT molecular complexity index is 1000. The van der Waals surface area contributed by atoms with Crippen LogP contribution in [-0.4, -0.2) is 23.8 Å². The maximum atomic E-state index is 13.2. The Labute approximate surface area is 169 Å². The van der Waals surface area contributed by atoms with Gasteiger partial charge in [-0.05, 0) is 41.5 Å². The van der Waals surface area contributed by atoms with Crippen molar-refractivity contribution in [3.8, 4) is 0 Å². The summed E-state index contributed by atoms with van der Waals surface area (Å²) in [5, 5.41) is 2.70. The van der Waals surface area contributed by atoms with Gasteiger partial charge in [0.05, 0.1) is 0 Å². The van der Waals surface area contributed by atoms with Gasteiger partial charge in [-0.15, -0.1) is 0 Å². The molecule has 0 aliphatic carbocycles. The van der Waals surface area contributed by atoms with Gasteiger partial charge in [-0.25, -0.2) is 4.39 Å². The fourth-order valence-electron chi connectivity index (χ4n) is 2.80. The van der Waals surface area contributed by atoms with Gasteiger partial charge in [0.1, 0.15) is 11.5 Å². The van der Waals surface area contributed by atoms with Crippen LogP contribution in [0.1, 0.15) is 21.5 Å². The molecule has 3 rings (SSSR count). The molecule has 0 aliphatic rings. The molecule has 5 heteroatoms. The zero-order valence-corrected chi connectivity index (χ0v) is 16.0. The second kappa shape index (κ2) is 9.46. The first-order valence-electron chi connectivity index (χ1n) is 9.16. The maximum absolute atomic E-state index is 13.2. The lowest BCUT2D eigenvalue weighted by molar-refractivity contribution is -0.126. The number of likely N-dealkylation sites (N-methyl/N-ethyl adjacent to an activating group) is 1. The van der Waals surface area contributed by atoms with Crippen molar-refractivity contribution in [1.82, 2.24) is 10.2 Å². The molecule has 0 spiro atoms. The fourth-order valence-corrected chi connectivity index (χ4v) is 2.80. The summed E-state index contributed by atoms with van der Waals surface area (Å²) < 4.78 is 13.2. The second-order valence-electron chi connectivity index (χ2n) is 6.58. The van der Waals surface area contributed by atoms with Gasteiger partial charge < -0.3 is 10.2 Å². The van der Waals surface area contributed by atoms with Gasteiger partial charge >= 0.3 is 0 Å². The van der Waals surface area contributed by atoms with E-state index < -0.39 is 0 Å². The summed E-state index contributed by atoms with van der Waals surface area (Å²) in [7, 11) is 1.67. The van der Waals surface area contributed by atoms with Crippen molar-refractivity contribution >= 4 is 17.9 Å². The highest BCUT2D eigenvalue weighted by molar-refractivity contribution is 6.05. The van der Waals surface area contributed by atoms with Crippen LogP contribution in [-0.2, 0) is 11.3 Å². The molecule has 0 radical (unpaired) electrons. The average Bonchev–Trinajstić information content (AvgIpc) is 2.75. The van der Waals surface area contributed by atoms with Gasteiger partial charge in [0.25, 0.3) is 11.8 Å². The molecule has 0 atom stereocenters. The van der Waals surface area contributed by atoms with Gasteiger partial charge in [-0.1, -0.05) is 60.7 Å². The van der Waals surface area contributed by atoms with Crippen LogP contribution in [0.3, 0.4) is 0 Å². The lowest BCUT2D eigenvalue weighted by atomic mass is 10.1. The number of hydrogen-bond acceptors (Lipinski definition) is 2. The molecule has 0 fully saturated rings. The van der Waals surface area contributed by atoms with Crippen LogP contribution in [0, 0.1) is 5.82 Å². The van der Waals surface area contributed by atoms with Crippen molar-refractivity contribution in [3.63, 3.8) is 0 Å². The lowest BCUT2D eigenvalue weighted by Gasteiger charge is -2.20. The summed E-state index contributed by atoms with van der Waals surface area (Å²) in [4.78, 5) is 27.2. The van der Waals surface area contributed by atoms with Gasteiger partial charge in [-0.2, -0.15) is 0 Å². The van der Waals surface area contributed by atoms with Crippen LogP contribution in [0.5, 0.6) is 0 Å². The first-order valence-corrected chi connectivity index (χ1v) is 9.16. The van der Waals surface area contributed by atoms with Gasteiger partial charge in [0.2, 0.25) is 0 Å². The lowest BCUT2D eigenvalue weighted by Crippen LogP contribution is -2.35. The van der Waals surface area contributed by atoms with Crippen molar-refractivity contribution in [1.29, 1.82) is 0 Å². The number of nitrogens with one attached hydrogen (secondary N) is 1. The molecule has 29 heavy (non-hydrogen) atoms. The van der Waals surface area contributed by atoms with E-state index in [1.807, 2.05) is 36.4 Å². The number of rotatable bonds is 6. The van der Waals surface area contributed by atoms with Gasteiger partial charge in [-0.3, -0.25) is 9.59 Å². The number of carbonyl (C=O) groups is 2. The normalized spacial score (nSPS) is 11.0. The molecule has 3 aromatic carbocycles. The Morgan fingerprint density at radius 3 is 2.10 bits per heavy atom. The van der Waals surface area contributed by atoms with Crippen molar-refractivity contribution in [3.05, 3.63) is 113 Å². The van der Waals surface area contributed by atoms with Crippen LogP contribution >= 0.6 is 0 Å². The second-order valence-corrected chi connectivity index (χ2v) is 6.58. The predicted molar refractivity (Wildman–Crippen MR) is 111 cm³/mol. The first-order chi connectivity index (χ1) is 14.0. The maximum Gasteiger partial charge on any atom is 0.270 e. The van der Waals surface area contributed by atoms with E-state index in [4.69, 9.17) is 0 Å². The largest absolute Gasteiger partial charge is 0.336 e. The highest BCUT2D eigenvalue weighted by Crippen LogP contribution is 2.12. The van der Waals surface area contributed by atoms with E-state index in [-0.39, 0.29) is 23.3 Å². The Kier molecular flexibility index (Phi) is 6.53. The highest BCUT2D eigenvalue weighted by atomic mass is 19.1. The molecule has 0 aromatic heterocycles. The molecule has 4 nitrogen and oxygen atoms in total. The Morgan fingerprint density at radius 1 is 0.897 bits per heavy atom. The van der Waals surface area contributed by atoms with Crippen LogP contribution in [0.2, 0.25) is 0 Å². The van der Waals surface area contributed by atoms with Crippen LogP contribution in [0.15, 0.2) is 90.6 Å². The molecule has 0 aliphatic heterocycles. The molecule has 0 saturated carbocycles. The Hall–Kier alpha value is -3.73. The smallest absolute Gasteiger partial charge is 0.270 e. The average molecular weight is 388 g/mol. The summed E-state index contributed by atoms with van der Waals surface area (Å²) in [6.07, 6.45) is 1.55. The van der Waals surface area contributed by atoms with E-state index in [2.05, 4.69) is 5.32 Å². The molecule has 0 saturated heterocycles.